The fraction of sp³-hybridized carbons (Fsp3) is 0.308. The van der Waals surface area contributed by atoms with Crippen LogP contribution in [-0.4, -0.2) is 20.5 Å². The van der Waals surface area contributed by atoms with Crippen molar-refractivity contribution < 1.29 is 9.18 Å². The fourth-order valence-corrected chi connectivity index (χ4v) is 1.77. The number of benzene rings is 1. The van der Waals surface area contributed by atoms with E-state index in [1.807, 2.05) is 6.92 Å². The maximum atomic E-state index is 13.6. The smallest absolute Gasteiger partial charge is 0.173 e. The van der Waals surface area contributed by atoms with Gasteiger partial charge in [0, 0.05) is 6.54 Å². The summed E-state index contributed by atoms with van der Waals surface area (Å²) in [6.45, 7) is 4.33. The molecule has 4 nitrogen and oxygen atoms in total. The fourth-order valence-electron chi connectivity index (χ4n) is 1.77. The molecule has 0 saturated heterocycles. The van der Waals surface area contributed by atoms with E-state index in [1.165, 1.54) is 18.5 Å². The van der Waals surface area contributed by atoms with E-state index in [-0.39, 0.29) is 17.8 Å². The second-order valence-corrected chi connectivity index (χ2v) is 4.08. The third-order valence-electron chi connectivity index (χ3n) is 2.74. The highest BCUT2D eigenvalue weighted by molar-refractivity contribution is 5.97. The van der Waals surface area contributed by atoms with Crippen molar-refractivity contribution in [1.29, 1.82) is 0 Å². The molecule has 0 aliphatic rings. The Morgan fingerprint density at radius 1 is 1.44 bits per heavy atom. The van der Waals surface area contributed by atoms with Crippen LogP contribution < -0.4 is 0 Å². The summed E-state index contributed by atoms with van der Waals surface area (Å²) in [5, 5.41) is 3.98. The normalized spacial score (nSPS) is 10.6. The number of nitrogens with zero attached hydrogens (tertiary/aromatic N) is 3. The lowest BCUT2D eigenvalue weighted by Crippen LogP contribution is -2.12. The van der Waals surface area contributed by atoms with Gasteiger partial charge in [-0.2, -0.15) is 5.10 Å². The van der Waals surface area contributed by atoms with Crippen molar-refractivity contribution in [3.05, 3.63) is 47.3 Å². The predicted molar refractivity (Wildman–Crippen MR) is 64.9 cm³/mol. The second kappa shape index (κ2) is 5.08. The lowest BCUT2D eigenvalue weighted by atomic mass is 10.1. The number of halogens is 1. The van der Waals surface area contributed by atoms with E-state index < -0.39 is 5.82 Å². The van der Waals surface area contributed by atoms with Gasteiger partial charge >= 0.3 is 0 Å². The molecule has 5 heteroatoms. The first-order valence-corrected chi connectivity index (χ1v) is 5.78. The van der Waals surface area contributed by atoms with Crippen molar-refractivity contribution >= 4 is 5.78 Å². The molecule has 1 aromatic carbocycles. The van der Waals surface area contributed by atoms with Crippen LogP contribution in [-0.2, 0) is 13.0 Å². The molecule has 0 amide bonds. The zero-order chi connectivity index (χ0) is 13.1. The van der Waals surface area contributed by atoms with Crippen molar-refractivity contribution in [1.82, 2.24) is 14.8 Å². The number of ketones is 1. The quantitative estimate of drug-likeness (QED) is 0.778. The molecule has 94 valence electrons. The van der Waals surface area contributed by atoms with E-state index >= 15 is 0 Å². The van der Waals surface area contributed by atoms with Crippen molar-refractivity contribution in [3.8, 4) is 0 Å². The molecule has 1 aromatic heterocycles. The molecule has 0 saturated carbocycles. The summed E-state index contributed by atoms with van der Waals surface area (Å²) >= 11 is 0. The second-order valence-electron chi connectivity index (χ2n) is 4.08. The first kappa shape index (κ1) is 12.4. The summed E-state index contributed by atoms with van der Waals surface area (Å²) in [5.74, 6) is -0.208. The molecule has 0 spiro atoms. The van der Waals surface area contributed by atoms with E-state index in [2.05, 4.69) is 10.1 Å². The third kappa shape index (κ3) is 2.45. The maximum absolute atomic E-state index is 13.6. The van der Waals surface area contributed by atoms with Crippen LogP contribution in [0.4, 0.5) is 4.39 Å². The van der Waals surface area contributed by atoms with Gasteiger partial charge in [0.25, 0.3) is 0 Å². The monoisotopic (exact) mass is 247 g/mol. The lowest BCUT2D eigenvalue weighted by Gasteiger charge is -2.04. The number of hydrogen-bond donors (Lipinski definition) is 0. The molecular formula is C13H14FN3O. The zero-order valence-electron chi connectivity index (χ0n) is 10.4. The van der Waals surface area contributed by atoms with Gasteiger partial charge in [0.2, 0.25) is 0 Å². The number of hydrogen-bond acceptors (Lipinski definition) is 3. The van der Waals surface area contributed by atoms with Crippen molar-refractivity contribution in [2.24, 2.45) is 0 Å². The SMILES string of the molecule is CCn1ncnc1CC(=O)c1ccc(C)cc1F. The topological polar surface area (TPSA) is 47.8 Å². The van der Waals surface area contributed by atoms with Gasteiger partial charge in [0.1, 0.15) is 18.0 Å². The van der Waals surface area contributed by atoms with E-state index in [1.54, 1.807) is 17.7 Å². The Morgan fingerprint density at radius 3 is 2.89 bits per heavy atom. The Bertz CT molecular complexity index is 577. The number of rotatable bonds is 4. The molecule has 2 rings (SSSR count). The van der Waals surface area contributed by atoms with Crippen LogP contribution in [0.2, 0.25) is 0 Å². The minimum absolute atomic E-state index is 0.0633. The molecule has 0 fully saturated rings. The van der Waals surface area contributed by atoms with Gasteiger partial charge in [-0.1, -0.05) is 6.07 Å². The minimum Gasteiger partial charge on any atom is -0.294 e. The maximum Gasteiger partial charge on any atom is 0.173 e. The van der Waals surface area contributed by atoms with Gasteiger partial charge in [-0.25, -0.2) is 14.1 Å². The van der Waals surface area contributed by atoms with Crippen LogP contribution >= 0.6 is 0 Å². The predicted octanol–water partition coefficient (Wildman–Crippen LogP) is 2.17. The van der Waals surface area contributed by atoms with Gasteiger partial charge in [-0.05, 0) is 31.5 Å². The van der Waals surface area contributed by atoms with Crippen LogP contribution in [0.3, 0.4) is 0 Å². The highest BCUT2D eigenvalue weighted by Gasteiger charge is 2.15. The molecule has 0 aliphatic carbocycles. The number of aryl methyl sites for hydroxylation is 2. The van der Waals surface area contributed by atoms with Gasteiger partial charge in [0.15, 0.2) is 5.78 Å². The molecule has 0 atom stereocenters. The van der Waals surface area contributed by atoms with Crippen LogP contribution in [0, 0.1) is 12.7 Å². The van der Waals surface area contributed by atoms with Crippen molar-refractivity contribution in [2.45, 2.75) is 26.8 Å². The Hall–Kier alpha value is -2.04. The average molecular weight is 247 g/mol. The summed E-state index contributed by atoms with van der Waals surface area (Å²) in [6.07, 6.45) is 1.46. The lowest BCUT2D eigenvalue weighted by molar-refractivity contribution is 0.0985. The molecule has 0 unspecified atom stereocenters. The van der Waals surface area contributed by atoms with E-state index in [0.717, 1.165) is 5.56 Å². The van der Waals surface area contributed by atoms with Gasteiger partial charge < -0.3 is 0 Å². The summed E-state index contributed by atoms with van der Waals surface area (Å²) in [7, 11) is 0. The van der Waals surface area contributed by atoms with Gasteiger partial charge in [-0.15, -0.1) is 0 Å². The van der Waals surface area contributed by atoms with E-state index in [4.69, 9.17) is 0 Å². The highest BCUT2D eigenvalue weighted by atomic mass is 19.1. The number of carbonyl (C=O) groups excluding carboxylic acids is 1. The molecule has 0 bridgehead atoms. The molecule has 0 aliphatic heterocycles. The molecule has 2 aromatic rings. The number of aromatic nitrogens is 3. The van der Waals surface area contributed by atoms with Crippen LogP contribution in [0.15, 0.2) is 24.5 Å². The number of carbonyl (C=O) groups is 1. The molecule has 18 heavy (non-hydrogen) atoms. The average Bonchev–Trinajstić information content (AvgIpc) is 2.76. The zero-order valence-corrected chi connectivity index (χ0v) is 10.4. The molecule has 0 N–H and O–H groups in total. The highest BCUT2D eigenvalue weighted by Crippen LogP contribution is 2.12. The minimum atomic E-state index is -0.484. The Labute approximate surface area is 104 Å². The van der Waals surface area contributed by atoms with Crippen molar-refractivity contribution in [3.63, 3.8) is 0 Å². The standard InChI is InChI=1S/C13H14FN3O/c1-3-17-13(15-8-16-17)7-12(18)10-5-4-9(2)6-11(10)14/h4-6,8H,3,7H2,1-2H3. The van der Waals surface area contributed by atoms with Gasteiger partial charge in [-0.3, -0.25) is 4.79 Å². The van der Waals surface area contributed by atoms with Crippen LogP contribution in [0.5, 0.6) is 0 Å². The number of Topliss-reactive ketones (excluding diaryl/α,β-unsaturated/α-hetero) is 1. The van der Waals surface area contributed by atoms with Crippen LogP contribution in [0.1, 0.15) is 28.7 Å². The largest absolute Gasteiger partial charge is 0.294 e. The van der Waals surface area contributed by atoms with E-state index in [9.17, 15) is 9.18 Å². The van der Waals surface area contributed by atoms with Crippen LogP contribution in [0.25, 0.3) is 0 Å². The Morgan fingerprint density at radius 2 is 2.22 bits per heavy atom. The molecular weight excluding hydrogens is 233 g/mol. The summed E-state index contributed by atoms with van der Waals surface area (Å²) in [6, 6.07) is 4.60. The Kier molecular flexibility index (Phi) is 3.50. The van der Waals surface area contributed by atoms with E-state index in [0.29, 0.717) is 12.4 Å². The Balaban J connectivity index is 2.22. The van der Waals surface area contributed by atoms with Gasteiger partial charge in [0.05, 0.1) is 12.0 Å². The molecule has 0 radical (unpaired) electrons. The molecule has 1 heterocycles. The van der Waals surface area contributed by atoms with Crippen molar-refractivity contribution in [2.75, 3.05) is 0 Å². The third-order valence-corrected chi connectivity index (χ3v) is 2.74. The summed E-state index contributed by atoms with van der Waals surface area (Å²) in [5.41, 5.74) is 0.895. The summed E-state index contributed by atoms with van der Waals surface area (Å²) in [4.78, 5) is 16.0. The first-order chi connectivity index (χ1) is 8.61. The first-order valence-electron chi connectivity index (χ1n) is 5.78. The summed E-state index contributed by atoms with van der Waals surface area (Å²) < 4.78 is 15.3.